The monoisotopic (exact) mass is 359 g/mol. The number of amides is 1. The zero-order chi connectivity index (χ0) is 17.1. The van der Waals surface area contributed by atoms with Gasteiger partial charge in [0.25, 0.3) is 0 Å². The lowest BCUT2D eigenvalue weighted by Crippen LogP contribution is -2.55. The molecular formula is C9H11ClF5NO4S. The summed E-state index contributed by atoms with van der Waals surface area (Å²) in [5, 5.41) is 1.18. The van der Waals surface area contributed by atoms with Crippen molar-refractivity contribution < 1.29 is 40.0 Å². The normalized spacial score (nSPS) is 14.6. The van der Waals surface area contributed by atoms with E-state index in [0.717, 1.165) is 6.26 Å². The number of sulfone groups is 1. The highest BCUT2D eigenvalue weighted by Gasteiger charge is 2.63. The van der Waals surface area contributed by atoms with Crippen molar-refractivity contribution in [2.75, 3.05) is 17.9 Å². The third-order valence-electron chi connectivity index (χ3n) is 2.24. The molecular weight excluding hydrogens is 349 g/mol. The number of halogens is 6. The van der Waals surface area contributed by atoms with Crippen LogP contribution in [0.3, 0.4) is 0 Å². The summed E-state index contributed by atoms with van der Waals surface area (Å²) < 4.78 is 83.2. The SMILES string of the molecule is CS(=O)(=O)CCC(NC(=O)C(F)(F)C(F)(F)F)C(=O)CCl. The largest absolute Gasteiger partial charge is 0.463 e. The highest BCUT2D eigenvalue weighted by atomic mass is 35.5. The standard InChI is InChI=1S/C9H11ClF5NO4S/c1-21(19,20)3-2-5(6(17)4-10)16-7(18)8(11,12)9(13,14)15/h5H,2-4H2,1H3,(H,16,18). The lowest BCUT2D eigenvalue weighted by atomic mass is 10.1. The summed E-state index contributed by atoms with van der Waals surface area (Å²) in [6.07, 6.45) is -6.03. The van der Waals surface area contributed by atoms with Crippen LogP contribution in [0.15, 0.2) is 0 Å². The molecule has 1 amide bonds. The average molecular weight is 360 g/mol. The van der Waals surface area contributed by atoms with Crippen LogP contribution >= 0.6 is 11.6 Å². The minimum absolute atomic E-state index is 0.663. The van der Waals surface area contributed by atoms with Crippen molar-refractivity contribution in [2.24, 2.45) is 0 Å². The van der Waals surface area contributed by atoms with E-state index in [1.165, 1.54) is 5.32 Å². The predicted molar refractivity (Wildman–Crippen MR) is 63.0 cm³/mol. The second kappa shape index (κ2) is 6.86. The molecule has 1 N–H and O–H groups in total. The number of rotatable bonds is 7. The first-order chi connectivity index (χ1) is 9.22. The molecule has 21 heavy (non-hydrogen) atoms. The van der Waals surface area contributed by atoms with Gasteiger partial charge in [0.2, 0.25) is 0 Å². The second-order valence-electron chi connectivity index (χ2n) is 4.12. The Kier molecular flexibility index (Phi) is 6.54. The van der Waals surface area contributed by atoms with Gasteiger partial charge in [-0.05, 0) is 6.42 Å². The lowest BCUT2D eigenvalue weighted by Gasteiger charge is -2.22. The van der Waals surface area contributed by atoms with Gasteiger partial charge in [0.05, 0.1) is 17.7 Å². The summed E-state index contributed by atoms with van der Waals surface area (Å²) >= 11 is 5.12. The number of ketones is 1. The minimum atomic E-state index is -6.14. The summed E-state index contributed by atoms with van der Waals surface area (Å²) in [5.74, 6) is -11.0. The molecule has 0 rings (SSSR count). The first-order valence-electron chi connectivity index (χ1n) is 5.24. The van der Waals surface area contributed by atoms with Gasteiger partial charge in [-0.15, -0.1) is 11.6 Å². The second-order valence-corrected chi connectivity index (χ2v) is 6.64. The summed E-state index contributed by atoms with van der Waals surface area (Å²) in [5.41, 5.74) is 0. The van der Waals surface area contributed by atoms with Crippen molar-refractivity contribution in [3.05, 3.63) is 0 Å². The maximum atomic E-state index is 12.7. The first kappa shape index (κ1) is 20.0. The van der Waals surface area contributed by atoms with Gasteiger partial charge in [0.15, 0.2) is 5.78 Å². The van der Waals surface area contributed by atoms with E-state index in [-0.39, 0.29) is 0 Å². The van der Waals surface area contributed by atoms with Crippen molar-refractivity contribution >= 4 is 33.1 Å². The number of hydrogen-bond donors (Lipinski definition) is 1. The topological polar surface area (TPSA) is 80.3 Å². The fourth-order valence-electron chi connectivity index (χ4n) is 1.12. The highest BCUT2D eigenvalue weighted by Crippen LogP contribution is 2.35. The Morgan fingerprint density at radius 1 is 1.19 bits per heavy atom. The van der Waals surface area contributed by atoms with Crippen molar-refractivity contribution in [3.63, 3.8) is 0 Å². The number of alkyl halides is 6. The molecule has 0 aliphatic carbocycles. The molecule has 1 unspecified atom stereocenters. The summed E-state index contributed by atoms with van der Waals surface area (Å²) in [7, 11) is -3.62. The predicted octanol–water partition coefficient (Wildman–Crippen LogP) is 0.911. The lowest BCUT2D eigenvalue weighted by molar-refractivity contribution is -0.270. The van der Waals surface area contributed by atoms with Crippen molar-refractivity contribution in [3.8, 4) is 0 Å². The number of nitrogens with one attached hydrogen (secondary N) is 1. The van der Waals surface area contributed by atoms with E-state index in [9.17, 15) is 40.0 Å². The zero-order valence-electron chi connectivity index (χ0n) is 10.5. The van der Waals surface area contributed by atoms with Gasteiger partial charge < -0.3 is 5.32 Å². The van der Waals surface area contributed by atoms with Crippen LogP contribution < -0.4 is 5.32 Å². The minimum Gasteiger partial charge on any atom is -0.341 e. The van der Waals surface area contributed by atoms with E-state index < -0.39 is 57.7 Å². The Hall–Kier alpha value is -0.970. The van der Waals surface area contributed by atoms with Crippen LogP contribution in [0.5, 0.6) is 0 Å². The molecule has 0 aromatic heterocycles. The van der Waals surface area contributed by atoms with Gasteiger partial charge in [-0.25, -0.2) is 8.42 Å². The van der Waals surface area contributed by atoms with Crippen LogP contribution in [0.2, 0.25) is 0 Å². The quantitative estimate of drug-likeness (QED) is 0.541. The van der Waals surface area contributed by atoms with E-state index in [0.29, 0.717) is 0 Å². The average Bonchev–Trinajstić information content (AvgIpc) is 2.30. The molecule has 0 aromatic rings. The molecule has 5 nitrogen and oxygen atoms in total. The molecule has 0 saturated heterocycles. The van der Waals surface area contributed by atoms with Gasteiger partial charge in [-0.3, -0.25) is 9.59 Å². The summed E-state index contributed by atoms with van der Waals surface area (Å²) in [4.78, 5) is 22.2. The Morgan fingerprint density at radius 2 is 1.67 bits per heavy atom. The fraction of sp³-hybridized carbons (Fsp3) is 0.778. The smallest absolute Gasteiger partial charge is 0.341 e. The van der Waals surface area contributed by atoms with Gasteiger partial charge >= 0.3 is 18.0 Å². The molecule has 0 fully saturated rings. The maximum Gasteiger partial charge on any atom is 0.463 e. The Labute approximate surface area is 121 Å². The Bertz CT molecular complexity index is 505. The van der Waals surface area contributed by atoms with Crippen LogP contribution in [-0.4, -0.2) is 56.1 Å². The van der Waals surface area contributed by atoms with E-state index in [2.05, 4.69) is 0 Å². The van der Waals surface area contributed by atoms with E-state index in [4.69, 9.17) is 11.6 Å². The number of carbonyl (C=O) groups is 2. The van der Waals surface area contributed by atoms with E-state index >= 15 is 0 Å². The molecule has 124 valence electrons. The van der Waals surface area contributed by atoms with Crippen molar-refractivity contribution in [1.29, 1.82) is 0 Å². The molecule has 0 saturated carbocycles. The van der Waals surface area contributed by atoms with Crippen LogP contribution in [0.25, 0.3) is 0 Å². The van der Waals surface area contributed by atoms with Gasteiger partial charge in [-0.1, -0.05) is 0 Å². The Morgan fingerprint density at radius 3 is 2.00 bits per heavy atom. The summed E-state index contributed by atoms with van der Waals surface area (Å²) in [6, 6.07) is -1.85. The van der Waals surface area contributed by atoms with Crippen LogP contribution in [0, 0.1) is 0 Å². The number of carbonyl (C=O) groups excluding carboxylic acids is 2. The van der Waals surface area contributed by atoms with Crippen LogP contribution in [0.4, 0.5) is 22.0 Å². The summed E-state index contributed by atoms with van der Waals surface area (Å²) in [6.45, 7) is 0. The fourth-order valence-corrected chi connectivity index (χ4v) is 1.97. The molecule has 0 aromatic carbocycles. The van der Waals surface area contributed by atoms with Crippen LogP contribution in [-0.2, 0) is 19.4 Å². The molecule has 0 radical (unpaired) electrons. The molecule has 0 aliphatic rings. The molecule has 0 heterocycles. The third kappa shape index (κ3) is 6.12. The van der Waals surface area contributed by atoms with Gasteiger partial charge in [0.1, 0.15) is 9.84 Å². The molecule has 12 heteroatoms. The molecule has 0 bridgehead atoms. The first-order valence-corrected chi connectivity index (χ1v) is 7.83. The van der Waals surface area contributed by atoms with E-state index in [1.54, 1.807) is 0 Å². The van der Waals surface area contributed by atoms with Crippen LogP contribution in [0.1, 0.15) is 6.42 Å². The van der Waals surface area contributed by atoms with Gasteiger partial charge in [0, 0.05) is 6.26 Å². The van der Waals surface area contributed by atoms with E-state index in [1.807, 2.05) is 0 Å². The number of Topliss-reactive ketones (excluding diaryl/α,β-unsaturated/α-hetero) is 1. The van der Waals surface area contributed by atoms with Crippen molar-refractivity contribution in [1.82, 2.24) is 5.32 Å². The third-order valence-corrected chi connectivity index (χ3v) is 3.48. The van der Waals surface area contributed by atoms with Crippen molar-refractivity contribution in [2.45, 2.75) is 24.6 Å². The molecule has 1 atom stereocenters. The Balaban J connectivity index is 5.07. The van der Waals surface area contributed by atoms with Gasteiger partial charge in [-0.2, -0.15) is 22.0 Å². The molecule has 0 aliphatic heterocycles. The zero-order valence-corrected chi connectivity index (χ0v) is 12.1. The highest BCUT2D eigenvalue weighted by molar-refractivity contribution is 7.90. The number of hydrogen-bond acceptors (Lipinski definition) is 4. The maximum absolute atomic E-state index is 12.7. The molecule has 0 spiro atoms.